The van der Waals surface area contributed by atoms with Crippen molar-refractivity contribution < 1.29 is 9.84 Å². The number of ether oxygens (including phenoxy) is 1. The Labute approximate surface area is 105 Å². The number of hydrogen-bond acceptors (Lipinski definition) is 4. The minimum Gasteiger partial charge on any atom is -0.496 e. The maximum Gasteiger partial charge on any atom is 0.128 e. The van der Waals surface area contributed by atoms with E-state index in [0.717, 1.165) is 16.7 Å². The number of nitriles is 1. The van der Waals surface area contributed by atoms with E-state index in [0.29, 0.717) is 5.75 Å². The van der Waals surface area contributed by atoms with Gasteiger partial charge in [-0.3, -0.25) is 4.68 Å². The first kappa shape index (κ1) is 12.1. The van der Waals surface area contributed by atoms with Crippen LogP contribution in [0.3, 0.4) is 0 Å². The van der Waals surface area contributed by atoms with Gasteiger partial charge in [0.1, 0.15) is 12.3 Å². The summed E-state index contributed by atoms with van der Waals surface area (Å²) in [4.78, 5) is 0. The average molecular weight is 243 g/mol. The molecule has 5 heteroatoms. The third-order valence-electron chi connectivity index (χ3n) is 2.63. The fourth-order valence-electron chi connectivity index (χ4n) is 1.73. The molecule has 0 saturated heterocycles. The lowest BCUT2D eigenvalue weighted by molar-refractivity contribution is 0.281. The van der Waals surface area contributed by atoms with Crippen LogP contribution in [0.1, 0.15) is 5.56 Å². The zero-order valence-corrected chi connectivity index (χ0v) is 10.00. The van der Waals surface area contributed by atoms with Crippen LogP contribution in [0.15, 0.2) is 30.6 Å². The molecule has 0 fully saturated rings. The lowest BCUT2D eigenvalue weighted by Gasteiger charge is -2.08. The van der Waals surface area contributed by atoms with Crippen molar-refractivity contribution in [3.05, 3.63) is 36.2 Å². The van der Waals surface area contributed by atoms with E-state index in [1.54, 1.807) is 30.3 Å². The maximum absolute atomic E-state index is 9.09. The van der Waals surface area contributed by atoms with E-state index in [1.807, 2.05) is 18.2 Å². The number of nitrogens with zero attached hydrogens (tertiary/aromatic N) is 3. The monoisotopic (exact) mass is 243 g/mol. The highest BCUT2D eigenvalue weighted by atomic mass is 16.5. The Morgan fingerprint density at radius 1 is 1.50 bits per heavy atom. The molecule has 1 aromatic heterocycles. The molecule has 0 aliphatic rings. The van der Waals surface area contributed by atoms with Crippen LogP contribution in [-0.2, 0) is 13.2 Å². The van der Waals surface area contributed by atoms with Gasteiger partial charge in [0.25, 0.3) is 0 Å². The molecule has 92 valence electrons. The molecule has 1 N–H and O–H groups in total. The summed E-state index contributed by atoms with van der Waals surface area (Å²) in [6, 6.07) is 7.53. The van der Waals surface area contributed by atoms with Crippen LogP contribution in [0.2, 0.25) is 0 Å². The second-order valence-electron chi connectivity index (χ2n) is 3.78. The average Bonchev–Trinajstić information content (AvgIpc) is 2.87. The van der Waals surface area contributed by atoms with Crippen molar-refractivity contribution in [3.63, 3.8) is 0 Å². The molecular formula is C13H13N3O2. The highest BCUT2D eigenvalue weighted by Crippen LogP contribution is 2.30. The molecular weight excluding hydrogens is 230 g/mol. The Kier molecular flexibility index (Phi) is 3.60. The van der Waals surface area contributed by atoms with Crippen LogP contribution in [0.25, 0.3) is 11.1 Å². The lowest BCUT2D eigenvalue weighted by atomic mass is 10.1. The van der Waals surface area contributed by atoms with E-state index in [1.165, 1.54) is 0 Å². The summed E-state index contributed by atoms with van der Waals surface area (Å²) in [6.45, 7) is 0.196. The highest BCUT2D eigenvalue weighted by Gasteiger charge is 2.09. The number of methoxy groups -OCH3 is 1. The summed E-state index contributed by atoms with van der Waals surface area (Å²) < 4.78 is 6.86. The predicted molar refractivity (Wildman–Crippen MR) is 65.8 cm³/mol. The summed E-state index contributed by atoms with van der Waals surface area (Å²) in [5, 5.41) is 21.8. The Bertz CT molecular complexity index is 584. The molecule has 0 aliphatic carbocycles. The van der Waals surface area contributed by atoms with Gasteiger partial charge in [0.05, 0.1) is 26.0 Å². The van der Waals surface area contributed by atoms with E-state index in [9.17, 15) is 0 Å². The lowest BCUT2D eigenvalue weighted by Crippen LogP contribution is -1.94. The van der Waals surface area contributed by atoms with Crippen LogP contribution in [0.5, 0.6) is 5.75 Å². The van der Waals surface area contributed by atoms with Crippen LogP contribution in [0.4, 0.5) is 0 Å². The van der Waals surface area contributed by atoms with Gasteiger partial charge in [-0.25, -0.2) is 0 Å². The van der Waals surface area contributed by atoms with Crippen LogP contribution in [-0.4, -0.2) is 22.0 Å². The number of hydrogen-bond donors (Lipinski definition) is 1. The summed E-state index contributed by atoms with van der Waals surface area (Å²) in [5.41, 5.74) is 2.56. The van der Waals surface area contributed by atoms with E-state index in [-0.39, 0.29) is 13.2 Å². The molecule has 18 heavy (non-hydrogen) atoms. The fourth-order valence-corrected chi connectivity index (χ4v) is 1.73. The van der Waals surface area contributed by atoms with Gasteiger partial charge in [0.15, 0.2) is 0 Å². The summed E-state index contributed by atoms with van der Waals surface area (Å²) in [7, 11) is 1.58. The molecule has 0 aliphatic heterocycles. The molecule has 0 bridgehead atoms. The summed E-state index contributed by atoms with van der Waals surface area (Å²) in [5.74, 6) is 0.679. The minimum absolute atomic E-state index is 0.0235. The first-order valence-corrected chi connectivity index (χ1v) is 5.46. The smallest absolute Gasteiger partial charge is 0.128 e. The molecule has 0 saturated carbocycles. The summed E-state index contributed by atoms with van der Waals surface area (Å²) in [6.07, 6.45) is 3.48. The van der Waals surface area contributed by atoms with Crippen molar-refractivity contribution in [1.82, 2.24) is 9.78 Å². The molecule has 1 aromatic carbocycles. The standard InChI is InChI=1S/C13H13N3O2/c1-18-13-6-10(9-17)2-3-12(13)11-7-15-16(8-11)5-4-14/h2-3,6-8,17H,5,9H2,1H3. The van der Waals surface area contributed by atoms with E-state index in [2.05, 4.69) is 5.10 Å². The molecule has 0 unspecified atom stereocenters. The second kappa shape index (κ2) is 5.34. The zero-order valence-electron chi connectivity index (χ0n) is 10.00. The van der Waals surface area contributed by atoms with Crippen molar-refractivity contribution in [3.8, 4) is 22.9 Å². The van der Waals surface area contributed by atoms with Gasteiger partial charge >= 0.3 is 0 Å². The molecule has 0 atom stereocenters. The van der Waals surface area contributed by atoms with Crippen molar-refractivity contribution in [2.45, 2.75) is 13.2 Å². The Morgan fingerprint density at radius 3 is 3.00 bits per heavy atom. The summed E-state index contributed by atoms with van der Waals surface area (Å²) >= 11 is 0. The van der Waals surface area contributed by atoms with Gasteiger partial charge in [0.2, 0.25) is 0 Å². The van der Waals surface area contributed by atoms with Gasteiger partial charge in [0, 0.05) is 17.3 Å². The third-order valence-corrected chi connectivity index (χ3v) is 2.63. The van der Waals surface area contributed by atoms with Gasteiger partial charge in [-0.15, -0.1) is 0 Å². The largest absolute Gasteiger partial charge is 0.496 e. The second-order valence-corrected chi connectivity index (χ2v) is 3.78. The molecule has 2 aromatic rings. The van der Waals surface area contributed by atoms with Gasteiger partial charge < -0.3 is 9.84 Å². The topological polar surface area (TPSA) is 71.1 Å². The quantitative estimate of drug-likeness (QED) is 0.884. The van der Waals surface area contributed by atoms with Gasteiger partial charge in [-0.2, -0.15) is 10.4 Å². The van der Waals surface area contributed by atoms with Crippen LogP contribution in [0, 0.1) is 11.3 Å². The predicted octanol–water partition coefficient (Wildman–Crippen LogP) is 1.57. The number of aliphatic hydroxyl groups excluding tert-OH is 1. The molecule has 1 heterocycles. The highest BCUT2D eigenvalue weighted by molar-refractivity contribution is 5.69. The SMILES string of the molecule is COc1cc(CO)ccc1-c1cnn(CC#N)c1. The van der Waals surface area contributed by atoms with Crippen molar-refractivity contribution >= 4 is 0 Å². The van der Waals surface area contributed by atoms with Crippen molar-refractivity contribution in [1.29, 1.82) is 5.26 Å². The van der Waals surface area contributed by atoms with Crippen molar-refractivity contribution in [2.24, 2.45) is 0 Å². The number of rotatable bonds is 4. The maximum atomic E-state index is 9.09. The van der Waals surface area contributed by atoms with Crippen LogP contribution >= 0.6 is 0 Å². The third kappa shape index (κ3) is 2.34. The molecule has 5 nitrogen and oxygen atoms in total. The Hall–Kier alpha value is -2.32. The van der Waals surface area contributed by atoms with E-state index < -0.39 is 0 Å². The Morgan fingerprint density at radius 2 is 2.33 bits per heavy atom. The van der Waals surface area contributed by atoms with E-state index in [4.69, 9.17) is 15.1 Å². The first-order valence-electron chi connectivity index (χ1n) is 5.46. The van der Waals surface area contributed by atoms with Crippen molar-refractivity contribution in [2.75, 3.05) is 7.11 Å². The Balaban J connectivity index is 2.40. The number of aliphatic hydroxyl groups is 1. The van der Waals surface area contributed by atoms with Gasteiger partial charge in [-0.1, -0.05) is 12.1 Å². The van der Waals surface area contributed by atoms with Crippen LogP contribution < -0.4 is 4.74 Å². The fraction of sp³-hybridized carbons (Fsp3) is 0.231. The number of benzene rings is 1. The molecule has 2 rings (SSSR count). The normalized spacial score (nSPS) is 10.1. The zero-order chi connectivity index (χ0) is 13.0. The van der Waals surface area contributed by atoms with Gasteiger partial charge in [-0.05, 0) is 11.6 Å². The first-order chi connectivity index (χ1) is 8.78. The molecule has 0 radical (unpaired) electrons. The number of aromatic nitrogens is 2. The van der Waals surface area contributed by atoms with E-state index >= 15 is 0 Å². The molecule has 0 spiro atoms. The molecule has 0 amide bonds. The minimum atomic E-state index is -0.0235.